The number of H-pyrrole nitrogens is 1. The van der Waals surface area contributed by atoms with Gasteiger partial charge >= 0.3 is 0 Å². The Morgan fingerprint density at radius 1 is 1.28 bits per heavy atom. The average molecular weight is 241 g/mol. The molecular weight excluding hydrogens is 230 g/mol. The number of hydrogen-bond acceptors (Lipinski definition) is 6. The van der Waals surface area contributed by atoms with Crippen molar-refractivity contribution in [3.63, 3.8) is 0 Å². The number of tetrazole rings is 1. The van der Waals surface area contributed by atoms with Crippen LogP contribution in [0.5, 0.6) is 0 Å². The van der Waals surface area contributed by atoms with Crippen LogP contribution in [-0.4, -0.2) is 25.6 Å². The van der Waals surface area contributed by atoms with Gasteiger partial charge in [0, 0.05) is 23.2 Å². The van der Waals surface area contributed by atoms with Crippen molar-refractivity contribution < 1.29 is 0 Å². The second-order valence-corrected chi connectivity index (χ2v) is 3.81. The molecule has 7 heteroatoms. The molecule has 7 nitrogen and oxygen atoms in total. The maximum Gasteiger partial charge on any atom is 0.193 e. The van der Waals surface area contributed by atoms with Crippen molar-refractivity contribution in [2.75, 3.05) is 11.1 Å². The lowest BCUT2D eigenvalue weighted by Crippen LogP contribution is -2.04. The van der Waals surface area contributed by atoms with Crippen molar-refractivity contribution in [1.29, 1.82) is 0 Å². The van der Waals surface area contributed by atoms with Crippen LogP contribution in [0.3, 0.4) is 0 Å². The molecule has 2 aromatic heterocycles. The molecule has 3 aromatic rings. The average Bonchev–Trinajstić information content (AvgIpc) is 2.91. The molecule has 0 aliphatic carbocycles. The topological polar surface area (TPSA) is 105 Å². The number of nitrogens with one attached hydrogen (secondary N) is 2. The Kier molecular flexibility index (Phi) is 2.49. The molecule has 4 N–H and O–H groups in total. The third kappa shape index (κ3) is 1.81. The van der Waals surface area contributed by atoms with Gasteiger partial charge in [-0.3, -0.25) is 4.98 Å². The number of pyridine rings is 1. The van der Waals surface area contributed by atoms with E-state index < -0.39 is 0 Å². The van der Waals surface area contributed by atoms with Gasteiger partial charge in [-0.05, 0) is 12.1 Å². The lowest BCUT2D eigenvalue weighted by Gasteiger charge is -2.09. The highest BCUT2D eigenvalue weighted by atomic mass is 15.5. The monoisotopic (exact) mass is 241 g/mol. The maximum atomic E-state index is 6.10. The van der Waals surface area contributed by atoms with Gasteiger partial charge in [0.1, 0.15) is 0 Å². The number of nitrogens with zero attached hydrogens (tertiary/aromatic N) is 4. The number of nitrogens with two attached hydrogens (primary N) is 1. The third-order valence-electron chi connectivity index (χ3n) is 2.69. The Hall–Kier alpha value is -2.70. The highest BCUT2D eigenvalue weighted by Crippen LogP contribution is 2.28. The summed E-state index contributed by atoms with van der Waals surface area (Å²) in [6.45, 7) is 0.470. The van der Waals surface area contributed by atoms with Crippen molar-refractivity contribution in [3.05, 3.63) is 36.4 Å². The molecule has 0 aliphatic heterocycles. The highest BCUT2D eigenvalue weighted by Gasteiger charge is 2.05. The van der Waals surface area contributed by atoms with E-state index in [-0.39, 0.29) is 0 Å². The van der Waals surface area contributed by atoms with Gasteiger partial charge in [-0.2, -0.15) is 5.21 Å². The summed E-state index contributed by atoms with van der Waals surface area (Å²) in [5.74, 6) is 0.587. The Morgan fingerprint density at radius 3 is 3.06 bits per heavy atom. The summed E-state index contributed by atoms with van der Waals surface area (Å²) in [6, 6.07) is 5.78. The van der Waals surface area contributed by atoms with Crippen LogP contribution in [0.1, 0.15) is 5.82 Å². The predicted octanol–water partition coefficient (Wildman–Crippen LogP) is 0.942. The summed E-state index contributed by atoms with van der Waals surface area (Å²) in [6.07, 6.45) is 3.51. The number of aromatic nitrogens is 5. The van der Waals surface area contributed by atoms with Crippen molar-refractivity contribution >= 4 is 22.1 Å². The molecule has 0 saturated carbocycles. The Labute approximate surface area is 102 Å². The molecule has 0 aliphatic rings. The number of fused-ring (bicyclic) bond motifs is 1. The number of anilines is 2. The first kappa shape index (κ1) is 10.5. The fraction of sp³-hybridized carbons (Fsp3) is 0.0909. The molecule has 1 aromatic carbocycles. The fourth-order valence-corrected chi connectivity index (χ4v) is 1.78. The number of nitrogen functional groups attached to an aromatic ring is 1. The van der Waals surface area contributed by atoms with Crippen LogP contribution in [0.15, 0.2) is 30.6 Å². The van der Waals surface area contributed by atoms with Gasteiger partial charge < -0.3 is 11.1 Å². The van der Waals surface area contributed by atoms with Gasteiger partial charge in [0.2, 0.25) is 0 Å². The normalized spacial score (nSPS) is 10.7. The van der Waals surface area contributed by atoms with Gasteiger partial charge in [0.05, 0.1) is 17.9 Å². The Bertz CT molecular complexity index is 662. The van der Waals surface area contributed by atoms with Crippen molar-refractivity contribution in [1.82, 2.24) is 25.6 Å². The van der Waals surface area contributed by atoms with E-state index >= 15 is 0 Å². The molecule has 0 radical (unpaired) electrons. The second kappa shape index (κ2) is 4.28. The zero-order valence-electron chi connectivity index (χ0n) is 9.46. The first-order valence-electron chi connectivity index (χ1n) is 5.43. The quantitative estimate of drug-likeness (QED) is 0.589. The van der Waals surface area contributed by atoms with Crippen molar-refractivity contribution in [3.8, 4) is 0 Å². The Balaban J connectivity index is 1.90. The van der Waals surface area contributed by atoms with E-state index in [2.05, 4.69) is 30.9 Å². The lowest BCUT2D eigenvalue weighted by atomic mass is 10.1. The first-order chi connectivity index (χ1) is 8.84. The van der Waals surface area contributed by atoms with Gasteiger partial charge in [-0.25, -0.2) is 0 Å². The minimum Gasteiger partial charge on any atom is -0.397 e. The largest absolute Gasteiger partial charge is 0.397 e. The minimum absolute atomic E-state index is 0.470. The SMILES string of the molecule is Nc1c(NCc2nn[nH]n2)ccc2cnccc12. The van der Waals surface area contributed by atoms with Crippen LogP contribution in [0.2, 0.25) is 0 Å². The first-order valence-corrected chi connectivity index (χ1v) is 5.43. The van der Waals surface area contributed by atoms with Gasteiger partial charge in [-0.15, -0.1) is 10.2 Å². The van der Waals surface area contributed by atoms with Crippen LogP contribution < -0.4 is 11.1 Å². The van der Waals surface area contributed by atoms with Gasteiger partial charge in [0.15, 0.2) is 5.82 Å². The predicted molar refractivity (Wildman–Crippen MR) is 67.7 cm³/mol. The number of rotatable bonds is 3. The zero-order chi connectivity index (χ0) is 12.4. The highest BCUT2D eigenvalue weighted by molar-refractivity contribution is 5.98. The van der Waals surface area contributed by atoms with Crippen LogP contribution in [-0.2, 0) is 6.54 Å². The summed E-state index contributed by atoms with van der Waals surface area (Å²) in [5.41, 5.74) is 7.64. The fourth-order valence-electron chi connectivity index (χ4n) is 1.78. The van der Waals surface area contributed by atoms with E-state index in [1.165, 1.54) is 0 Å². The van der Waals surface area contributed by atoms with E-state index in [4.69, 9.17) is 5.73 Å². The summed E-state index contributed by atoms with van der Waals surface area (Å²) >= 11 is 0. The van der Waals surface area contributed by atoms with E-state index in [1.807, 2.05) is 18.2 Å². The summed E-state index contributed by atoms with van der Waals surface area (Å²) in [5, 5.41) is 18.8. The van der Waals surface area contributed by atoms with Crippen molar-refractivity contribution in [2.45, 2.75) is 6.54 Å². The molecule has 3 rings (SSSR count). The smallest absolute Gasteiger partial charge is 0.193 e. The molecule has 0 atom stereocenters. The van der Waals surface area contributed by atoms with E-state index in [1.54, 1.807) is 12.4 Å². The maximum absolute atomic E-state index is 6.10. The van der Waals surface area contributed by atoms with E-state index in [0.717, 1.165) is 16.5 Å². The number of benzene rings is 1. The lowest BCUT2D eigenvalue weighted by molar-refractivity contribution is 0.881. The second-order valence-electron chi connectivity index (χ2n) is 3.81. The van der Waals surface area contributed by atoms with Crippen molar-refractivity contribution in [2.24, 2.45) is 0 Å². The van der Waals surface area contributed by atoms with Crippen LogP contribution in [0, 0.1) is 0 Å². The van der Waals surface area contributed by atoms with Crippen LogP contribution in [0.25, 0.3) is 10.8 Å². The Morgan fingerprint density at radius 2 is 2.22 bits per heavy atom. The molecular formula is C11H11N7. The molecule has 2 heterocycles. The molecule has 18 heavy (non-hydrogen) atoms. The van der Waals surface area contributed by atoms with E-state index in [9.17, 15) is 0 Å². The molecule has 90 valence electrons. The minimum atomic E-state index is 0.470. The molecule has 0 saturated heterocycles. The summed E-state index contributed by atoms with van der Waals surface area (Å²) in [7, 11) is 0. The standard InChI is InChI=1S/C11H11N7/c12-11-8-3-4-13-5-7(8)1-2-9(11)14-6-10-15-17-18-16-10/h1-5,14H,6,12H2,(H,15,16,17,18). The van der Waals surface area contributed by atoms with E-state index in [0.29, 0.717) is 18.1 Å². The number of aromatic amines is 1. The zero-order valence-corrected chi connectivity index (χ0v) is 9.46. The molecule has 0 spiro atoms. The van der Waals surface area contributed by atoms with Crippen LogP contribution >= 0.6 is 0 Å². The molecule has 0 amide bonds. The third-order valence-corrected chi connectivity index (χ3v) is 2.69. The molecule has 0 bridgehead atoms. The van der Waals surface area contributed by atoms with Gasteiger partial charge in [-0.1, -0.05) is 11.3 Å². The molecule has 0 fully saturated rings. The van der Waals surface area contributed by atoms with Crippen LogP contribution in [0.4, 0.5) is 11.4 Å². The number of hydrogen-bond donors (Lipinski definition) is 3. The van der Waals surface area contributed by atoms with Gasteiger partial charge in [0.25, 0.3) is 0 Å². The summed E-state index contributed by atoms with van der Waals surface area (Å²) < 4.78 is 0. The molecule has 0 unspecified atom stereocenters. The summed E-state index contributed by atoms with van der Waals surface area (Å²) in [4.78, 5) is 4.06.